The zero-order chi connectivity index (χ0) is 11.6. The molecule has 1 aromatic rings. The molecule has 0 saturated heterocycles. The first kappa shape index (κ1) is 11.9. The molecule has 0 saturated carbocycles. The van der Waals surface area contributed by atoms with Crippen LogP contribution in [0, 0.1) is 11.6 Å². The van der Waals surface area contributed by atoms with Gasteiger partial charge in [-0.2, -0.15) is 0 Å². The third kappa shape index (κ3) is 3.47. The fraction of sp³-hybridized carbons (Fsp3) is 0.273. The normalized spacial score (nSPS) is 11.3. The van der Waals surface area contributed by atoms with Crippen molar-refractivity contribution in [1.29, 1.82) is 0 Å². The minimum absolute atomic E-state index is 0.221. The SMILES string of the molecule is C=C(O[Si](C)(C)C)c1ccc(F)cc1F. The molecule has 0 radical (unpaired) electrons. The molecule has 1 nitrogen and oxygen atoms in total. The predicted molar refractivity (Wildman–Crippen MR) is 59.8 cm³/mol. The van der Waals surface area contributed by atoms with Gasteiger partial charge in [0.05, 0.1) is 5.56 Å². The van der Waals surface area contributed by atoms with E-state index in [2.05, 4.69) is 6.58 Å². The van der Waals surface area contributed by atoms with E-state index in [9.17, 15) is 8.78 Å². The first-order valence-corrected chi connectivity index (χ1v) is 8.04. The first-order chi connectivity index (χ1) is 6.79. The second kappa shape index (κ2) is 4.14. The van der Waals surface area contributed by atoms with Crippen molar-refractivity contribution in [3.8, 4) is 0 Å². The molecule has 0 atom stereocenters. The van der Waals surface area contributed by atoms with Crippen molar-refractivity contribution in [2.75, 3.05) is 0 Å². The van der Waals surface area contributed by atoms with Gasteiger partial charge in [0.15, 0.2) is 0 Å². The maximum atomic E-state index is 13.3. The highest BCUT2D eigenvalue weighted by Crippen LogP contribution is 2.22. The van der Waals surface area contributed by atoms with Gasteiger partial charge in [0.25, 0.3) is 0 Å². The van der Waals surface area contributed by atoms with Gasteiger partial charge in [0, 0.05) is 6.07 Å². The molecule has 0 aliphatic heterocycles. The Balaban J connectivity index is 2.92. The summed E-state index contributed by atoms with van der Waals surface area (Å²) in [6.07, 6.45) is 0. The summed E-state index contributed by atoms with van der Waals surface area (Å²) in [5.74, 6) is -0.970. The van der Waals surface area contributed by atoms with Gasteiger partial charge in [-0.1, -0.05) is 6.58 Å². The molecule has 0 fully saturated rings. The Kier molecular flexibility index (Phi) is 3.29. The van der Waals surface area contributed by atoms with E-state index in [4.69, 9.17) is 4.43 Å². The molecule has 82 valence electrons. The van der Waals surface area contributed by atoms with Crippen molar-refractivity contribution in [1.82, 2.24) is 0 Å². The van der Waals surface area contributed by atoms with Gasteiger partial charge in [0.1, 0.15) is 17.4 Å². The highest BCUT2D eigenvalue weighted by molar-refractivity contribution is 6.70. The lowest BCUT2D eigenvalue weighted by molar-refractivity contribution is 0.505. The van der Waals surface area contributed by atoms with Gasteiger partial charge < -0.3 is 4.43 Å². The van der Waals surface area contributed by atoms with Crippen LogP contribution in [-0.2, 0) is 4.43 Å². The minimum atomic E-state index is -1.80. The summed E-state index contributed by atoms with van der Waals surface area (Å²) in [4.78, 5) is 0. The molecule has 0 aromatic heterocycles. The van der Waals surface area contributed by atoms with Crippen LogP contribution in [0.5, 0.6) is 0 Å². The Bertz CT molecular complexity index is 383. The van der Waals surface area contributed by atoms with Gasteiger partial charge in [-0.05, 0) is 31.8 Å². The van der Waals surface area contributed by atoms with Crippen molar-refractivity contribution < 1.29 is 13.2 Å². The van der Waals surface area contributed by atoms with E-state index in [1.165, 1.54) is 12.1 Å². The number of benzene rings is 1. The van der Waals surface area contributed by atoms with E-state index in [1.807, 2.05) is 19.6 Å². The number of hydrogen-bond donors (Lipinski definition) is 0. The van der Waals surface area contributed by atoms with Crippen LogP contribution < -0.4 is 0 Å². The zero-order valence-electron chi connectivity index (χ0n) is 9.10. The third-order valence-corrected chi connectivity index (χ3v) is 2.52. The van der Waals surface area contributed by atoms with Crippen LogP contribution in [0.3, 0.4) is 0 Å². The van der Waals surface area contributed by atoms with Crippen molar-refractivity contribution in [2.45, 2.75) is 19.6 Å². The molecule has 0 unspecified atom stereocenters. The maximum absolute atomic E-state index is 13.3. The number of hydrogen-bond acceptors (Lipinski definition) is 1. The lowest BCUT2D eigenvalue weighted by Gasteiger charge is -2.21. The molecule has 0 N–H and O–H groups in total. The fourth-order valence-electron chi connectivity index (χ4n) is 1.14. The molecular formula is C11H14F2OSi. The maximum Gasteiger partial charge on any atom is 0.242 e. The van der Waals surface area contributed by atoms with Crippen LogP contribution in [0.25, 0.3) is 5.76 Å². The van der Waals surface area contributed by atoms with E-state index in [1.54, 1.807) is 0 Å². The van der Waals surface area contributed by atoms with E-state index in [-0.39, 0.29) is 11.3 Å². The Morgan fingerprint density at radius 2 is 1.87 bits per heavy atom. The van der Waals surface area contributed by atoms with Gasteiger partial charge in [0.2, 0.25) is 8.32 Å². The average Bonchev–Trinajstić information content (AvgIpc) is 1.99. The summed E-state index contributed by atoms with van der Waals surface area (Å²) in [7, 11) is -1.80. The highest BCUT2D eigenvalue weighted by atomic mass is 28.4. The van der Waals surface area contributed by atoms with Crippen molar-refractivity contribution in [2.24, 2.45) is 0 Å². The Morgan fingerprint density at radius 3 is 2.33 bits per heavy atom. The number of rotatable bonds is 3. The fourth-order valence-corrected chi connectivity index (χ4v) is 1.99. The Labute approximate surface area is 89.5 Å². The smallest absolute Gasteiger partial charge is 0.242 e. The van der Waals surface area contributed by atoms with Crippen LogP contribution in [0.2, 0.25) is 19.6 Å². The summed E-state index contributed by atoms with van der Waals surface area (Å²) in [6.45, 7) is 9.57. The van der Waals surface area contributed by atoms with Crippen LogP contribution in [0.4, 0.5) is 8.78 Å². The molecule has 4 heteroatoms. The zero-order valence-corrected chi connectivity index (χ0v) is 10.1. The van der Waals surface area contributed by atoms with E-state index >= 15 is 0 Å². The minimum Gasteiger partial charge on any atom is -0.544 e. The molecule has 0 spiro atoms. The summed E-state index contributed by atoms with van der Waals surface area (Å²) in [5, 5.41) is 0. The molecule has 0 aliphatic rings. The quantitative estimate of drug-likeness (QED) is 0.565. The van der Waals surface area contributed by atoms with Crippen molar-refractivity contribution in [3.63, 3.8) is 0 Å². The standard InChI is InChI=1S/C11H14F2OSi/c1-8(14-15(2,3)4)10-6-5-9(12)7-11(10)13/h5-7H,1H2,2-4H3. The molecule has 0 aliphatic carbocycles. The van der Waals surface area contributed by atoms with Crippen molar-refractivity contribution >= 4 is 14.1 Å². The lowest BCUT2D eigenvalue weighted by atomic mass is 10.2. The molecule has 1 rings (SSSR count). The van der Waals surface area contributed by atoms with Crippen LogP contribution in [-0.4, -0.2) is 8.32 Å². The summed E-state index contributed by atoms with van der Waals surface area (Å²) < 4.78 is 31.5. The third-order valence-electron chi connectivity index (χ3n) is 1.66. The van der Waals surface area contributed by atoms with Crippen LogP contribution in [0.15, 0.2) is 24.8 Å². The second-order valence-corrected chi connectivity index (χ2v) is 8.69. The van der Waals surface area contributed by atoms with Gasteiger partial charge in [-0.15, -0.1) is 0 Å². The molecular weight excluding hydrogens is 214 g/mol. The van der Waals surface area contributed by atoms with Crippen LogP contribution in [0.1, 0.15) is 5.56 Å². The van der Waals surface area contributed by atoms with Gasteiger partial charge in [-0.25, -0.2) is 8.78 Å². The lowest BCUT2D eigenvalue weighted by Crippen LogP contribution is -2.24. The summed E-state index contributed by atoms with van der Waals surface area (Å²) in [5.41, 5.74) is 0.221. The summed E-state index contributed by atoms with van der Waals surface area (Å²) in [6, 6.07) is 3.36. The van der Waals surface area contributed by atoms with E-state index < -0.39 is 20.0 Å². The molecule has 0 heterocycles. The highest BCUT2D eigenvalue weighted by Gasteiger charge is 2.19. The van der Waals surface area contributed by atoms with Crippen molar-refractivity contribution in [3.05, 3.63) is 42.0 Å². The second-order valence-electron chi connectivity index (χ2n) is 4.26. The predicted octanol–water partition coefficient (Wildman–Crippen LogP) is 3.79. The average molecular weight is 228 g/mol. The van der Waals surface area contributed by atoms with E-state index in [0.29, 0.717) is 0 Å². The van der Waals surface area contributed by atoms with Crippen LogP contribution >= 0.6 is 0 Å². The number of halogens is 2. The first-order valence-electron chi connectivity index (χ1n) is 4.63. The van der Waals surface area contributed by atoms with Gasteiger partial charge in [-0.3, -0.25) is 0 Å². The summed E-state index contributed by atoms with van der Waals surface area (Å²) >= 11 is 0. The topological polar surface area (TPSA) is 9.23 Å². The Morgan fingerprint density at radius 1 is 1.27 bits per heavy atom. The largest absolute Gasteiger partial charge is 0.544 e. The Hall–Kier alpha value is -1.16. The van der Waals surface area contributed by atoms with E-state index in [0.717, 1.165) is 6.07 Å². The molecule has 0 bridgehead atoms. The molecule has 0 amide bonds. The van der Waals surface area contributed by atoms with Gasteiger partial charge >= 0.3 is 0 Å². The molecule has 15 heavy (non-hydrogen) atoms. The monoisotopic (exact) mass is 228 g/mol. The molecule has 1 aromatic carbocycles.